The molecule has 1 amide bonds. The van der Waals surface area contributed by atoms with E-state index in [0.717, 1.165) is 56.9 Å². The molecule has 0 spiro atoms. The molecule has 0 atom stereocenters. The molecule has 1 saturated heterocycles. The molecule has 4 rings (SSSR count). The molecule has 8 nitrogen and oxygen atoms in total. The Morgan fingerprint density at radius 2 is 2.07 bits per heavy atom. The first-order chi connectivity index (χ1) is 13.9. The van der Waals surface area contributed by atoms with Crippen molar-refractivity contribution in [3.05, 3.63) is 40.4 Å². The van der Waals surface area contributed by atoms with Gasteiger partial charge in [-0.1, -0.05) is 0 Å². The maximum Gasteiger partial charge on any atom is 0.257 e. The lowest BCUT2D eigenvalue weighted by molar-refractivity contribution is 0.0337. The van der Waals surface area contributed by atoms with Gasteiger partial charge < -0.3 is 4.74 Å². The van der Waals surface area contributed by atoms with E-state index in [1.807, 2.05) is 5.38 Å². The van der Waals surface area contributed by atoms with Crippen LogP contribution in [0.15, 0.2) is 23.6 Å². The van der Waals surface area contributed by atoms with E-state index in [0.29, 0.717) is 22.9 Å². The average molecular weight is 437 g/mol. The van der Waals surface area contributed by atoms with E-state index in [1.54, 1.807) is 18.2 Å². The highest BCUT2D eigenvalue weighted by molar-refractivity contribution is 7.92. The van der Waals surface area contributed by atoms with E-state index in [-0.39, 0.29) is 5.91 Å². The van der Waals surface area contributed by atoms with Gasteiger partial charge in [0.1, 0.15) is 0 Å². The summed E-state index contributed by atoms with van der Waals surface area (Å²) in [6, 6.07) is 5.17. The molecule has 0 radical (unpaired) electrons. The molecule has 1 aromatic carbocycles. The number of ether oxygens (including phenoxy) is 1. The molecule has 1 fully saturated rings. The molecule has 2 aliphatic rings. The predicted molar refractivity (Wildman–Crippen MR) is 113 cm³/mol. The molecule has 3 heterocycles. The number of sulfonamides is 1. The Morgan fingerprint density at radius 1 is 1.28 bits per heavy atom. The van der Waals surface area contributed by atoms with Crippen molar-refractivity contribution in [2.45, 2.75) is 19.4 Å². The number of nitrogens with one attached hydrogen (secondary N) is 1. The summed E-state index contributed by atoms with van der Waals surface area (Å²) in [5.74, 6) is -0.239. The largest absolute Gasteiger partial charge is 0.379 e. The minimum absolute atomic E-state index is 0.239. The molecule has 29 heavy (non-hydrogen) atoms. The van der Waals surface area contributed by atoms with Gasteiger partial charge in [-0.3, -0.25) is 19.3 Å². The standard InChI is InChI=1S/C19H24N4O4S2/c1-29(25,26)23-6-2-3-14-11-15(4-5-17(14)23)18(24)21-19-20-16(13-28-19)12-22-7-9-27-10-8-22/h4-5,11,13H,2-3,6-10,12H2,1H3,(H,20,21,24). The first kappa shape index (κ1) is 20.3. The number of hydrogen-bond acceptors (Lipinski definition) is 7. The van der Waals surface area contributed by atoms with Crippen molar-refractivity contribution in [3.63, 3.8) is 0 Å². The molecular formula is C19H24N4O4S2. The van der Waals surface area contributed by atoms with Crippen LogP contribution < -0.4 is 9.62 Å². The normalized spacial score (nSPS) is 17.8. The van der Waals surface area contributed by atoms with Crippen molar-refractivity contribution in [1.29, 1.82) is 0 Å². The zero-order chi connectivity index (χ0) is 20.4. The molecule has 10 heteroatoms. The third kappa shape index (κ3) is 4.77. The molecule has 1 aromatic heterocycles. The van der Waals surface area contributed by atoms with Gasteiger partial charge in [-0.15, -0.1) is 11.3 Å². The fraction of sp³-hybridized carbons (Fsp3) is 0.474. The van der Waals surface area contributed by atoms with Gasteiger partial charge in [-0.2, -0.15) is 0 Å². The Labute approximate surface area is 174 Å². The number of nitrogens with zero attached hydrogens (tertiary/aromatic N) is 3. The van der Waals surface area contributed by atoms with Gasteiger partial charge in [0.2, 0.25) is 10.0 Å². The number of anilines is 2. The Morgan fingerprint density at radius 3 is 2.83 bits per heavy atom. The summed E-state index contributed by atoms with van der Waals surface area (Å²) < 4.78 is 30.7. The molecule has 0 saturated carbocycles. The molecule has 156 valence electrons. The van der Waals surface area contributed by atoms with Crippen LogP contribution in [0.4, 0.5) is 10.8 Å². The number of carbonyl (C=O) groups is 1. The van der Waals surface area contributed by atoms with Gasteiger partial charge in [-0.25, -0.2) is 13.4 Å². The van der Waals surface area contributed by atoms with E-state index < -0.39 is 10.0 Å². The summed E-state index contributed by atoms with van der Waals surface area (Å²) in [7, 11) is -3.32. The van der Waals surface area contributed by atoms with Gasteiger partial charge >= 0.3 is 0 Å². The van der Waals surface area contributed by atoms with Crippen LogP contribution in [0.1, 0.15) is 28.0 Å². The van der Waals surface area contributed by atoms with Crippen LogP contribution in [0.25, 0.3) is 0 Å². The number of hydrogen-bond donors (Lipinski definition) is 1. The number of thiazole rings is 1. The van der Waals surface area contributed by atoms with E-state index in [2.05, 4.69) is 15.2 Å². The van der Waals surface area contributed by atoms with Crippen LogP contribution in [-0.4, -0.2) is 63.3 Å². The monoisotopic (exact) mass is 436 g/mol. The second-order valence-corrected chi connectivity index (χ2v) is 10.0. The molecule has 0 unspecified atom stereocenters. The number of carbonyl (C=O) groups excluding carboxylic acids is 1. The SMILES string of the molecule is CS(=O)(=O)N1CCCc2cc(C(=O)Nc3nc(CN4CCOCC4)cs3)ccc21. The summed E-state index contributed by atoms with van der Waals surface area (Å²) >= 11 is 1.41. The Hall–Kier alpha value is -2.01. The lowest BCUT2D eigenvalue weighted by Gasteiger charge is -2.29. The van der Waals surface area contributed by atoms with E-state index in [1.165, 1.54) is 21.9 Å². The fourth-order valence-corrected chi connectivity index (χ4v) is 5.34. The number of aryl methyl sites for hydroxylation is 1. The Kier molecular flexibility index (Phi) is 5.86. The van der Waals surface area contributed by atoms with Crippen LogP contribution in [0, 0.1) is 0 Å². The number of morpholine rings is 1. The Bertz CT molecular complexity index is 999. The first-order valence-electron chi connectivity index (χ1n) is 9.57. The van der Waals surface area contributed by atoms with E-state index >= 15 is 0 Å². The minimum Gasteiger partial charge on any atom is -0.379 e. The number of aromatic nitrogens is 1. The molecule has 0 bridgehead atoms. The highest BCUT2D eigenvalue weighted by Crippen LogP contribution is 2.30. The van der Waals surface area contributed by atoms with Crippen molar-refractivity contribution >= 4 is 38.1 Å². The summed E-state index contributed by atoms with van der Waals surface area (Å²) in [4.78, 5) is 19.5. The maximum absolute atomic E-state index is 12.7. The second kappa shape index (κ2) is 8.39. The highest BCUT2D eigenvalue weighted by atomic mass is 32.2. The van der Waals surface area contributed by atoms with Crippen LogP contribution in [-0.2, 0) is 27.7 Å². The van der Waals surface area contributed by atoms with Crippen LogP contribution >= 0.6 is 11.3 Å². The Balaban J connectivity index is 1.44. The summed E-state index contributed by atoms with van der Waals surface area (Å²) in [5, 5.41) is 5.38. The van der Waals surface area contributed by atoms with Crippen molar-refractivity contribution in [2.75, 3.05) is 48.7 Å². The third-order valence-electron chi connectivity index (χ3n) is 5.08. The third-order valence-corrected chi connectivity index (χ3v) is 7.07. The number of fused-ring (bicyclic) bond motifs is 1. The van der Waals surface area contributed by atoms with E-state index in [9.17, 15) is 13.2 Å². The summed E-state index contributed by atoms with van der Waals surface area (Å²) in [6.45, 7) is 4.47. The smallest absolute Gasteiger partial charge is 0.257 e. The fourth-order valence-electron chi connectivity index (χ4n) is 3.64. The predicted octanol–water partition coefficient (Wildman–Crippen LogP) is 1.94. The zero-order valence-corrected chi connectivity index (χ0v) is 17.9. The lowest BCUT2D eigenvalue weighted by atomic mass is 10.0. The van der Waals surface area contributed by atoms with Gasteiger partial charge in [0.05, 0.1) is 30.9 Å². The number of benzene rings is 1. The molecule has 2 aliphatic heterocycles. The van der Waals surface area contributed by atoms with Crippen LogP contribution in [0.5, 0.6) is 0 Å². The van der Waals surface area contributed by atoms with Gasteiger partial charge in [0.25, 0.3) is 5.91 Å². The number of rotatable bonds is 5. The average Bonchev–Trinajstić information content (AvgIpc) is 3.13. The minimum atomic E-state index is -3.32. The van der Waals surface area contributed by atoms with Crippen molar-refractivity contribution in [2.24, 2.45) is 0 Å². The molecule has 2 aromatic rings. The second-order valence-electron chi connectivity index (χ2n) is 7.27. The molecular weight excluding hydrogens is 412 g/mol. The zero-order valence-electron chi connectivity index (χ0n) is 16.3. The van der Waals surface area contributed by atoms with Gasteiger partial charge in [0, 0.05) is 37.1 Å². The van der Waals surface area contributed by atoms with Crippen LogP contribution in [0.2, 0.25) is 0 Å². The lowest BCUT2D eigenvalue weighted by Crippen LogP contribution is -2.35. The van der Waals surface area contributed by atoms with Gasteiger partial charge in [0.15, 0.2) is 5.13 Å². The summed E-state index contributed by atoms with van der Waals surface area (Å²) in [5.41, 5.74) is 2.98. The number of amides is 1. The highest BCUT2D eigenvalue weighted by Gasteiger charge is 2.25. The van der Waals surface area contributed by atoms with Crippen LogP contribution in [0.3, 0.4) is 0 Å². The van der Waals surface area contributed by atoms with Crippen molar-refractivity contribution < 1.29 is 17.9 Å². The van der Waals surface area contributed by atoms with Crippen molar-refractivity contribution in [1.82, 2.24) is 9.88 Å². The summed E-state index contributed by atoms with van der Waals surface area (Å²) in [6.07, 6.45) is 2.70. The topological polar surface area (TPSA) is 91.8 Å². The maximum atomic E-state index is 12.7. The van der Waals surface area contributed by atoms with E-state index in [4.69, 9.17) is 4.74 Å². The molecule has 1 N–H and O–H groups in total. The quantitative estimate of drug-likeness (QED) is 0.770. The first-order valence-corrected chi connectivity index (χ1v) is 12.3. The van der Waals surface area contributed by atoms with Crippen molar-refractivity contribution in [3.8, 4) is 0 Å². The van der Waals surface area contributed by atoms with Gasteiger partial charge in [-0.05, 0) is 36.6 Å². The molecule has 0 aliphatic carbocycles.